The number of nitrogens with one attached hydrogen (secondary N) is 2. The molecule has 0 amide bonds. The van der Waals surface area contributed by atoms with Gasteiger partial charge in [0, 0.05) is 30.0 Å². The van der Waals surface area contributed by atoms with E-state index in [9.17, 15) is 4.79 Å². The number of esters is 1. The summed E-state index contributed by atoms with van der Waals surface area (Å²) in [6, 6.07) is 11.2. The summed E-state index contributed by atoms with van der Waals surface area (Å²) in [6.45, 7) is 0.684. The zero-order valence-electron chi connectivity index (χ0n) is 11.6. The number of methoxy groups -OCH3 is 1. The number of H-pyrrole nitrogens is 1. The molecule has 5 nitrogen and oxygen atoms in total. The Morgan fingerprint density at radius 3 is 2.86 bits per heavy atom. The molecule has 0 unspecified atom stereocenters. The summed E-state index contributed by atoms with van der Waals surface area (Å²) in [4.78, 5) is 18.8. The zero-order chi connectivity index (χ0) is 14.7. The lowest BCUT2D eigenvalue weighted by molar-refractivity contribution is 0.0601. The van der Waals surface area contributed by atoms with Gasteiger partial charge in [0.1, 0.15) is 5.65 Å². The minimum Gasteiger partial charge on any atom is -0.465 e. The van der Waals surface area contributed by atoms with E-state index in [2.05, 4.69) is 20.0 Å². The first-order valence-corrected chi connectivity index (χ1v) is 6.61. The molecule has 0 radical (unpaired) electrons. The van der Waals surface area contributed by atoms with Crippen LogP contribution in [0, 0.1) is 0 Å². The minimum absolute atomic E-state index is 0.329. The van der Waals surface area contributed by atoms with Crippen molar-refractivity contribution in [2.45, 2.75) is 6.54 Å². The van der Waals surface area contributed by atoms with Crippen LogP contribution in [-0.2, 0) is 11.3 Å². The number of ether oxygens (including phenoxy) is 1. The van der Waals surface area contributed by atoms with Gasteiger partial charge in [0.2, 0.25) is 0 Å². The summed E-state index contributed by atoms with van der Waals surface area (Å²) in [7, 11) is 1.37. The highest BCUT2D eigenvalue weighted by molar-refractivity contribution is 5.89. The molecule has 0 aliphatic rings. The second-order valence-corrected chi connectivity index (χ2v) is 4.64. The van der Waals surface area contributed by atoms with Crippen molar-refractivity contribution in [1.29, 1.82) is 0 Å². The number of hydrogen-bond donors (Lipinski definition) is 2. The van der Waals surface area contributed by atoms with Gasteiger partial charge in [-0.15, -0.1) is 0 Å². The van der Waals surface area contributed by atoms with Crippen molar-refractivity contribution in [3.8, 4) is 0 Å². The first kappa shape index (κ1) is 13.2. The Balaban J connectivity index is 1.71. The molecule has 0 fully saturated rings. The normalized spacial score (nSPS) is 10.5. The standard InChI is InChI=1S/C16H15N3O2/c1-21-16(20)11-4-6-13(7-5-11)18-9-12-10-19-15-14(12)3-2-8-17-15/h2-8,10,18H,9H2,1H3,(H,17,19). The van der Waals surface area contributed by atoms with Gasteiger partial charge < -0.3 is 15.0 Å². The number of hydrogen-bond acceptors (Lipinski definition) is 4. The Bertz CT molecular complexity index is 763. The maximum absolute atomic E-state index is 11.4. The number of fused-ring (bicyclic) bond motifs is 1. The van der Waals surface area contributed by atoms with Gasteiger partial charge in [-0.05, 0) is 42.0 Å². The number of anilines is 1. The Kier molecular flexibility index (Phi) is 3.55. The van der Waals surface area contributed by atoms with Crippen LogP contribution in [0.4, 0.5) is 5.69 Å². The molecule has 5 heteroatoms. The number of pyridine rings is 1. The minimum atomic E-state index is -0.329. The maximum atomic E-state index is 11.4. The fourth-order valence-electron chi connectivity index (χ4n) is 2.20. The molecule has 2 heterocycles. The molecule has 3 aromatic rings. The van der Waals surface area contributed by atoms with E-state index in [1.165, 1.54) is 7.11 Å². The Labute approximate surface area is 122 Å². The first-order chi connectivity index (χ1) is 10.3. The first-order valence-electron chi connectivity index (χ1n) is 6.61. The van der Waals surface area contributed by atoms with Gasteiger partial charge in [-0.2, -0.15) is 0 Å². The summed E-state index contributed by atoms with van der Waals surface area (Å²) >= 11 is 0. The van der Waals surface area contributed by atoms with Crippen molar-refractivity contribution in [3.05, 3.63) is 59.9 Å². The van der Waals surface area contributed by atoms with Gasteiger partial charge in [0.05, 0.1) is 12.7 Å². The molecule has 1 aromatic carbocycles. The lowest BCUT2D eigenvalue weighted by Crippen LogP contribution is -2.02. The fourth-order valence-corrected chi connectivity index (χ4v) is 2.20. The van der Waals surface area contributed by atoms with E-state index in [0.29, 0.717) is 12.1 Å². The number of aromatic nitrogens is 2. The van der Waals surface area contributed by atoms with Gasteiger partial charge in [-0.25, -0.2) is 9.78 Å². The number of carbonyl (C=O) groups is 1. The van der Waals surface area contributed by atoms with E-state index < -0.39 is 0 Å². The van der Waals surface area contributed by atoms with Crippen LogP contribution >= 0.6 is 0 Å². The smallest absolute Gasteiger partial charge is 0.337 e. The molecule has 2 N–H and O–H groups in total. The topological polar surface area (TPSA) is 67.0 Å². The van der Waals surface area contributed by atoms with Crippen molar-refractivity contribution < 1.29 is 9.53 Å². The lowest BCUT2D eigenvalue weighted by Gasteiger charge is -2.06. The van der Waals surface area contributed by atoms with Gasteiger partial charge in [-0.1, -0.05) is 0 Å². The number of aromatic amines is 1. The van der Waals surface area contributed by atoms with E-state index in [1.54, 1.807) is 18.3 Å². The second kappa shape index (κ2) is 5.66. The van der Waals surface area contributed by atoms with Crippen LogP contribution in [-0.4, -0.2) is 23.0 Å². The predicted octanol–water partition coefficient (Wildman–Crippen LogP) is 2.96. The molecule has 0 saturated heterocycles. The van der Waals surface area contributed by atoms with Crippen molar-refractivity contribution >= 4 is 22.7 Å². The van der Waals surface area contributed by atoms with E-state index in [-0.39, 0.29) is 5.97 Å². The number of rotatable bonds is 4. The molecule has 0 saturated carbocycles. The third-order valence-electron chi connectivity index (χ3n) is 3.33. The van der Waals surface area contributed by atoms with Gasteiger partial charge in [0.15, 0.2) is 0 Å². The van der Waals surface area contributed by atoms with Crippen molar-refractivity contribution in [1.82, 2.24) is 9.97 Å². The molecule has 0 aliphatic carbocycles. The average Bonchev–Trinajstić information content (AvgIpc) is 2.96. The summed E-state index contributed by atoms with van der Waals surface area (Å²) in [5.41, 5.74) is 3.52. The molecule has 106 valence electrons. The lowest BCUT2D eigenvalue weighted by atomic mass is 10.2. The highest BCUT2D eigenvalue weighted by atomic mass is 16.5. The van der Waals surface area contributed by atoms with E-state index >= 15 is 0 Å². The third kappa shape index (κ3) is 2.72. The van der Waals surface area contributed by atoms with Crippen LogP contribution in [0.1, 0.15) is 15.9 Å². The number of benzene rings is 1. The van der Waals surface area contributed by atoms with Gasteiger partial charge >= 0.3 is 5.97 Å². The average molecular weight is 281 g/mol. The second-order valence-electron chi connectivity index (χ2n) is 4.64. The Morgan fingerprint density at radius 2 is 2.10 bits per heavy atom. The molecule has 0 aliphatic heterocycles. The Morgan fingerprint density at radius 1 is 1.29 bits per heavy atom. The van der Waals surface area contributed by atoms with E-state index in [1.807, 2.05) is 30.5 Å². The monoisotopic (exact) mass is 281 g/mol. The highest BCUT2D eigenvalue weighted by Gasteiger charge is 2.06. The highest BCUT2D eigenvalue weighted by Crippen LogP contribution is 2.18. The van der Waals surface area contributed by atoms with Crippen molar-refractivity contribution in [2.75, 3.05) is 12.4 Å². The van der Waals surface area contributed by atoms with E-state index in [4.69, 9.17) is 0 Å². The molecule has 3 rings (SSSR count). The number of carbonyl (C=O) groups excluding carboxylic acids is 1. The SMILES string of the molecule is COC(=O)c1ccc(NCc2c[nH]c3ncccc23)cc1. The molecule has 0 atom stereocenters. The molecule has 21 heavy (non-hydrogen) atoms. The van der Waals surface area contributed by atoms with Crippen LogP contribution in [0.15, 0.2) is 48.8 Å². The third-order valence-corrected chi connectivity index (χ3v) is 3.33. The summed E-state index contributed by atoms with van der Waals surface area (Å²) in [5.74, 6) is -0.329. The number of nitrogens with zero attached hydrogens (tertiary/aromatic N) is 1. The van der Waals surface area contributed by atoms with E-state index in [0.717, 1.165) is 22.3 Å². The van der Waals surface area contributed by atoms with Crippen LogP contribution in [0.25, 0.3) is 11.0 Å². The van der Waals surface area contributed by atoms with Gasteiger partial charge in [0.25, 0.3) is 0 Å². The van der Waals surface area contributed by atoms with Gasteiger partial charge in [-0.3, -0.25) is 0 Å². The molecular weight excluding hydrogens is 266 g/mol. The van der Waals surface area contributed by atoms with Crippen LogP contribution in [0.3, 0.4) is 0 Å². The molecular formula is C16H15N3O2. The summed E-state index contributed by atoms with van der Waals surface area (Å²) < 4.78 is 4.67. The zero-order valence-corrected chi connectivity index (χ0v) is 11.6. The Hall–Kier alpha value is -2.82. The predicted molar refractivity (Wildman–Crippen MR) is 81.2 cm³/mol. The van der Waals surface area contributed by atoms with Crippen molar-refractivity contribution in [2.24, 2.45) is 0 Å². The molecule has 0 spiro atoms. The maximum Gasteiger partial charge on any atom is 0.337 e. The molecule has 0 bridgehead atoms. The molecule has 2 aromatic heterocycles. The quantitative estimate of drug-likeness (QED) is 0.721. The summed E-state index contributed by atoms with van der Waals surface area (Å²) in [5, 5.41) is 4.43. The van der Waals surface area contributed by atoms with Crippen LogP contribution in [0.2, 0.25) is 0 Å². The largest absolute Gasteiger partial charge is 0.465 e. The van der Waals surface area contributed by atoms with Crippen LogP contribution in [0.5, 0.6) is 0 Å². The summed E-state index contributed by atoms with van der Waals surface area (Å²) in [6.07, 6.45) is 3.72. The van der Waals surface area contributed by atoms with Crippen molar-refractivity contribution in [3.63, 3.8) is 0 Å². The fraction of sp³-hybridized carbons (Fsp3) is 0.125. The van der Waals surface area contributed by atoms with Crippen LogP contribution < -0.4 is 5.32 Å².